The van der Waals surface area contributed by atoms with Gasteiger partial charge in [-0.1, -0.05) is 0 Å². The molecule has 0 aliphatic carbocycles. The van der Waals surface area contributed by atoms with Gasteiger partial charge in [0.15, 0.2) is 5.78 Å². The Balaban J connectivity index is 2.34. The zero-order valence-corrected chi connectivity index (χ0v) is 11.3. The topological polar surface area (TPSA) is 67.5 Å². The van der Waals surface area contributed by atoms with Crippen LogP contribution in [0.25, 0.3) is 6.08 Å². The summed E-state index contributed by atoms with van der Waals surface area (Å²) in [6.07, 6.45) is 2.89. The summed E-state index contributed by atoms with van der Waals surface area (Å²) in [6.45, 7) is 3.46. The maximum Gasteiger partial charge on any atom is 0.351 e. The van der Waals surface area contributed by atoms with Crippen LogP contribution in [-0.2, 0) is 0 Å². The van der Waals surface area contributed by atoms with Crippen LogP contribution in [0.3, 0.4) is 0 Å². The molecule has 4 nitrogen and oxygen atoms in total. The molecule has 5 heteroatoms. The van der Waals surface area contributed by atoms with Gasteiger partial charge in [0.05, 0.1) is 0 Å². The summed E-state index contributed by atoms with van der Waals surface area (Å²) in [7, 11) is 0. The van der Waals surface area contributed by atoms with Crippen LogP contribution in [0.5, 0.6) is 5.75 Å². The van der Waals surface area contributed by atoms with Crippen LogP contribution >= 0.6 is 11.3 Å². The molecule has 1 N–H and O–H groups in total. The normalized spacial score (nSPS) is 11.1. The molecule has 0 aliphatic rings. The molecule has 0 spiro atoms. The lowest BCUT2D eigenvalue weighted by Crippen LogP contribution is -2.12. The molecule has 0 unspecified atom stereocenters. The van der Waals surface area contributed by atoms with E-state index in [0.717, 1.165) is 10.4 Å². The average Bonchev–Trinajstić information content (AvgIpc) is 2.70. The number of thiophene rings is 1. The number of carbonyl (C=O) groups excluding carboxylic acids is 1. The molecule has 0 atom stereocenters. The van der Waals surface area contributed by atoms with Gasteiger partial charge in [-0.25, -0.2) is 4.79 Å². The van der Waals surface area contributed by atoms with Crippen LogP contribution < -0.4 is 5.63 Å². The van der Waals surface area contributed by atoms with Crippen molar-refractivity contribution >= 4 is 23.2 Å². The zero-order valence-electron chi connectivity index (χ0n) is 10.5. The molecule has 0 aromatic carbocycles. The average molecular weight is 276 g/mol. The van der Waals surface area contributed by atoms with E-state index in [4.69, 9.17) is 4.42 Å². The van der Waals surface area contributed by atoms with Gasteiger partial charge in [0, 0.05) is 10.9 Å². The summed E-state index contributed by atoms with van der Waals surface area (Å²) in [5.41, 5.74) is -0.111. The van der Waals surface area contributed by atoms with Crippen molar-refractivity contribution < 1.29 is 14.3 Å². The first-order valence-electron chi connectivity index (χ1n) is 5.59. The fourth-order valence-corrected chi connectivity index (χ4v) is 2.43. The van der Waals surface area contributed by atoms with Gasteiger partial charge in [-0.05, 0) is 43.0 Å². The lowest BCUT2D eigenvalue weighted by Gasteiger charge is -1.99. The molecule has 2 aromatic heterocycles. The Morgan fingerprint density at radius 3 is 2.74 bits per heavy atom. The van der Waals surface area contributed by atoms with Gasteiger partial charge in [0.1, 0.15) is 17.1 Å². The first-order valence-corrected chi connectivity index (χ1v) is 6.47. The van der Waals surface area contributed by atoms with Crippen molar-refractivity contribution in [1.29, 1.82) is 0 Å². The largest absolute Gasteiger partial charge is 0.507 e. The van der Waals surface area contributed by atoms with E-state index < -0.39 is 11.4 Å². The maximum atomic E-state index is 11.9. The van der Waals surface area contributed by atoms with E-state index in [2.05, 4.69) is 0 Å². The second kappa shape index (κ2) is 5.24. The van der Waals surface area contributed by atoms with Gasteiger partial charge in [-0.3, -0.25) is 4.79 Å². The molecular formula is C14H12O4S. The van der Waals surface area contributed by atoms with Gasteiger partial charge in [-0.2, -0.15) is 0 Å². The second-order valence-electron chi connectivity index (χ2n) is 4.07. The highest BCUT2D eigenvalue weighted by Gasteiger charge is 2.15. The van der Waals surface area contributed by atoms with Crippen LogP contribution in [0, 0.1) is 13.8 Å². The van der Waals surface area contributed by atoms with E-state index >= 15 is 0 Å². The van der Waals surface area contributed by atoms with E-state index in [9.17, 15) is 14.7 Å². The molecule has 0 aliphatic heterocycles. The fraction of sp³-hybridized carbons (Fsp3) is 0.143. The van der Waals surface area contributed by atoms with Crippen molar-refractivity contribution in [3.05, 3.63) is 55.8 Å². The lowest BCUT2D eigenvalue weighted by atomic mass is 10.1. The van der Waals surface area contributed by atoms with E-state index in [-0.39, 0.29) is 17.1 Å². The number of carbonyl (C=O) groups is 1. The Bertz CT molecular complexity index is 706. The predicted octanol–water partition coefficient (Wildman–Crippen LogP) is 2.92. The Morgan fingerprint density at radius 2 is 2.16 bits per heavy atom. The quantitative estimate of drug-likeness (QED) is 0.691. The van der Waals surface area contributed by atoms with Crippen LogP contribution in [0.4, 0.5) is 0 Å². The van der Waals surface area contributed by atoms with Crippen molar-refractivity contribution in [3.63, 3.8) is 0 Å². The Morgan fingerprint density at radius 1 is 1.42 bits per heavy atom. The van der Waals surface area contributed by atoms with Gasteiger partial charge in [-0.15, -0.1) is 11.3 Å². The van der Waals surface area contributed by atoms with Gasteiger partial charge < -0.3 is 9.52 Å². The van der Waals surface area contributed by atoms with Gasteiger partial charge in [0.2, 0.25) is 0 Å². The number of aromatic hydroxyl groups is 1. The van der Waals surface area contributed by atoms with Crippen molar-refractivity contribution in [3.8, 4) is 5.75 Å². The standard InChI is InChI=1S/C14H12O4S/c1-8-5-6-19-12(8)4-3-10(15)13-11(16)7-9(2)18-14(13)17/h3-7,16H,1-2H3. The van der Waals surface area contributed by atoms with Crippen LogP contribution in [-0.4, -0.2) is 10.9 Å². The number of rotatable bonds is 3. The van der Waals surface area contributed by atoms with E-state index in [1.807, 2.05) is 18.4 Å². The SMILES string of the molecule is Cc1cc(O)c(C(=O)C=Cc2sccc2C)c(=O)o1. The third-order valence-electron chi connectivity index (χ3n) is 2.59. The summed E-state index contributed by atoms with van der Waals surface area (Å²) in [4.78, 5) is 24.4. The zero-order chi connectivity index (χ0) is 14.0. The number of aryl methyl sites for hydroxylation is 2. The van der Waals surface area contributed by atoms with Crippen molar-refractivity contribution in [2.75, 3.05) is 0 Å². The first-order chi connectivity index (χ1) is 8.99. The molecule has 98 valence electrons. The maximum absolute atomic E-state index is 11.9. The highest BCUT2D eigenvalue weighted by molar-refractivity contribution is 7.11. The Hall–Kier alpha value is -2.14. The van der Waals surface area contributed by atoms with Gasteiger partial charge >= 0.3 is 5.63 Å². The van der Waals surface area contributed by atoms with Gasteiger partial charge in [0.25, 0.3) is 0 Å². The molecule has 2 rings (SSSR count). The smallest absolute Gasteiger partial charge is 0.351 e. The fourth-order valence-electron chi connectivity index (χ4n) is 1.61. The lowest BCUT2D eigenvalue weighted by molar-refractivity contribution is 0.104. The van der Waals surface area contributed by atoms with Crippen molar-refractivity contribution in [2.24, 2.45) is 0 Å². The molecule has 0 fully saturated rings. The van der Waals surface area contributed by atoms with E-state index in [1.54, 1.807) is 6.08 Å². The molecular weight excluding hydrogens is 264 g/mol. The molecule has 0 saturated heterocycles. The third kappa shape index (κ3) is 2.82. The highest BCUT2D eigenvalue weighted by atomic mass is 32.1. The number of hydrogen-bond acceptors (Lipinski definition) is 5. The molecule has 2 aromatic rings. The molecule has 0 amide bonds. The minimum Gasteiger partial charge on any atom is -0.507 e. The molecule has 0 bridgehead atoms. The van der Waals surface area contributed by atoms with Crippen molar-refractivity contribution in [1.82, 2.24) is 0 Å². The Labute approximate surface area is 113 Å². The monoisotopic (exact) mass is 276 g/mol. The van der Waals surface area contributed by atoms with Crippen molar-refractivity contribution in [2.45, 2.75) is 13.8 Å². The summed E-state index contributed by atoms with van der Waals surface area (Å²) in [5.74, 6) is -0.664. The molecule has 2 heterocycles. The summed E-state index contributed by atoms with van der Waals surface area (Å²) >= 11 is 1.49. The minimum absolute atomic E-state index is 0.261. The molecule has 0 radical (unpaired) electrons. The summed E-state index contributed by atoms with van der Waals surface area (Å²) < 4.78 is 4.80. The number of allylic oxidation sites excluding steroid dienone is 1. The summed E-state index contributed by atoms with van der Waals surface area (Å²) in [5, 5.41) is 11.6. The first kappa shape index (κ1) is 13.3. The minimum atomic E-state index is -0.824. The van der Waals surface area contributed by atoms with Crippen LogP contribution in [0.15, 0.2) is 32.8 Å². The van der Waals surface area contributed by atoms with E-state index in [1.165, 1.54) is 30.4 Å². The third-order valence-corrected chi connectivity index (χ3v) is 3.57. The molecule has 0 saturated carbocycles. The van der Waals surface area contributed by atoms with Crippen LogP contribution in [0.2, 0.25) is 0 Å². The van der Waals surface area contributed by atoms with E-state index in [0.29, 0.717) is 0 Å². The second-order valence-corrected chi connectivity index (χ2v) is 5.02. The Kier molecular flexibility index (Phi) is 3.66. The number of ketones is 1. The number of hydrogen-bond donors (Lipinski definition) is 1. The molecule has 19 heavy (non-hydrogen) atoms. The highest BCUT2D eigenvalue weighted by Crippen LogP contribution is 2.19. The summed E-state index contributed by atoms with van der Waals surface area (Å²) in [6, 6.07) is 3.19. The van der Waals surface area contributed by atoms with Crippen LogP contribution in [0.1, 0.15) is 26.6 Å². The predicted molar refractivity (Wildman–Crippen MR) is 73.8 cm³/mol.